The molecule has 0 radical (unpaired) electrons. The molecular weight excluding hydrogens is 436 g/mol. The second kappa shape index (κ2) is 11.6. The normalized spacial score (nSPS) is 23.1. The van der Waals surface area contributed by atoms with E-state index in [4.69, 9.17) is 24.4 Å². The van der Waals surface area contributed by atoms with Gasteiger partial charge in [0.05, 0.1) is 38.0 Å². The summed E-state index contributed by atoms with van der Waals surface area (Å²) in [5, 5.41) is 8.07. The number of aromatic nitrogens is 1. The molecule has 34 heavy (non-hydrogen) atoms. The monoisotopic (exact) mass is 470 g/mol. The zero-order valence-corrected chi connectivity index (χ0v) is 19.8. The van der Waals surface area contributed by atoms with E-state index < -0.39 is 0 Å². The predicted molar refractivity (Wildman–Crippen MR) is 129 cm³/mol. The molecule has 1 amide bonds. The first kappa shape index (κ1) is 24.4. The van der Waals surface area contributed by atoms with Crippen molar-refractivity contribution in [3.8, 4) is 0 Å². The number of amides is 1. The Bertz CT molecular complexity index is 981. The lowest BCUT2D eigenvalue weighted by atomic mass is 10.1. The maximum absolute atomic E-state index is 12.6. The number of para-hydroxylation sites is 1. The number of pyridine rings is 1. The van der Waals surface area contributed by atoms with Crippen molar-refractivity contribution in [2.45, 2.75) is 25.9 Å². The van der Waals surface area contributed by atoms with Crippen LogP contribution in [0.5, 0.6) is 0 Å². The molecule has 9 heteroatoms. The van der Waals surface area contributed by atoms with Crippen molar-refractivity contribution in [3.05, 3.63) is 35.9 Å². The fourth-order valence-corrected chi connectivity index (χ4v) is 5.13. The van der Waals surface area contributed by atoms with E-state index in [0.717, 1.165) is 70.4 Å². The van der Waals surface area contributed by atoms with Gasteiger partial charge in [0.1, 0.15) is 5.82 Å². The van der Waals surface area contributed by atoms with E-state index in [0.29, 0.717) is 18.9 Å². The second-order valence-corrected chi connectivity index (χ2v) is 9.02. The zero-order chi connectivity index (χ0) is 23.9. The van der Waals surface area contributed by atoms with Crippen LogP contribution in [0.4, 0.5) is 5.82 Å². The summed E-state index contributed by atoms with van der Waals surface area (Å²) in [5.74, 6) is 1.67. The molecule has 2 atom stereocenters. The minimum Gasteiger partial charge on any atom is -0.483 e. The third-order valence-corrected chi connectivity index (χ3v) is 6.65. The molecule has 1 aromatic carbocycles. The van der Waals surface area contributed by atoms with Gasteiger partial charge in [-0.2, -0.15) is 0 Å². The maximum Gasteiger partial charge on any atom is 0.290 e. The van der Waals surface area contributed by atoms with Gasteiger partial charge in [-0.15, -0.1) is 0 Å². The smallest absolute Gasteiger partial charge is 0.290 e. The number of carbonyl (C=O) groups is 2. The largest absolute Gasteiger partial charge is 0.483 e. The SMILES string of the molecule is CCC(=O)N1C[C@H]2COC[C@@H]1CN(Cc1cc3ccccc3nc1N1CCOCC1)C2.O=CO. The fourth-order valence-electron chi connectivity index (χ4n) is 5.13. The van der Waals surface area contributed by atoms with Crippen molar-refractivity contribution < 1.29 is 24.2 Å². The molecule has 5 rings (SSSR count). The van der Waals surface area contributed by atoms with Gasteiger partial charge in [-0.05, 0) is 12.1 Å². The number of benzene rings is 1. The Kier molecular flexibility index (Phi) is 8.31. The lowest BCUT2D eigenvalue weighted by Crippen LogP contribution is -2.46. The van der Waals surface area contributed by atoms with Crippen molar-refractivity contribution in [2.75, 3.05) is 64.1 Å². The van der Waals surface area contributed by atoms with Gasteiger partial charge in [0.2, 0.25) is 5.91 Å². The van der Waals surface area contributed by atoms with Crippen molar-refractivity contribution in [3.63, 3.8) is 0 Å². The Morgan fingerprint density at radius 1 is 1.15 bits per heavy atom. The Morgan fingerprint density at radius 3 is 2.68 bits per heavy atom. The molecule has 1 N–H and O–H groups in total. The van der Waals surface area contributed by atoms with Gasteiger partial charge in [0, 0.05) is 62.6 Å². The minimum absolute atomic E-state index is 0.125. The fraction of sp³-hybridized carbons (Fsp3) is 0.560. The molecule has 0 unspecified atom stereocenters. The van der Waals surface area contributed by atoms with Crippen LogP contribution in [0.25, 0.3) is 10.9 Å². The summed E-state index contributed by atoms with van der Waals surface area (Å²) >= 11 is 0. The summed E-state index contributed by atoms with van der Waals surface area (Å²) in [6, 6.07) is 10.8. The van der Waals surface area contributed by atoms with Crippen molar-refractivity contribution in [1.82, 2.24) is 14.8 Å². The molecule has 3 aliphatic rings. The Labute approximate surface area is 200 Å². The van der Waals surface area contributed by atoms with E-state index in [2.05, 4.69) is 39.0 Å². The van der Waals surface area contributed by atoms with Crippen LogP contribution in [0.3, 0.4) is 0 Å². The highest BCUT2D eigenvalue weighted by molar-refractivity contribution is 5.82. The van der Waals surface area contributed by atoms with E-state index in [1.807, 2.05) is 13.0 Å². The number of hydrogen-bond donors (Lipinski definition) is 1. The van der Waals surface area contributed by atoms with Crippen LogP contribution in [0.1, 0.15) is 18.9 Å². The quantitative estimate of drug-likeness (QED) is 0.677. The summed E-state index contributed by atoms with van der Waals surface area (Å²) in [7, 11) is 0. The van der Waals surface area contributed by atoms with E-state index in [-0.39, 0.29) is 18.4 Å². The topological polar surface area (TPSA) is 95.4 Å². The summed E-state index contributed by atoms with van der Waals surface area (Å²) in [6.45, 7) is 9.72. The van der Waals surface area contributed by atoms with Crippen molar-refractivity contribution >= 4 is 29.1 Å². The highest BCUT2D eigenvalue weighted by atomic mass is 16.5. The van der Waals surface area contributed by atoms with E-state index in [9.17, 15) is 4.79 Å². The molecule has 3 saturated heterocycles. The molecule has 0 aliphatic carbocycles. The lowest BCUT2D eigenvalue weighted by Gasteiger charge is -2.33. The summed E-state index contributed by atoms with van der Waals surface area (Å²) in [4.78, 5) is 32.9. The standard InChI is InChI=1S/C24H32N4O3.CH2O2/c1-2-23(29)28-13-18-12-26(15-21(28)17-31-16-18)14-20-11-19-5-3-4-6-22(19)25-24(20)27-7-9-30-10-8-27;2-1-3/h3-6,11,18,21H,2,7-10,12-17H2,1H3;1H,(H,2,3)/t18-,21-;/m0./s1. The van der Waals surface area contributed by atoms with Crippen LogP contribution in [-0.4, -0.2) is 97.5 Å². The summed E-state index contributed by atoms with van der Waals surface area (Å²) < 4.78 is 11.5. The van der Waals surface area contributed by atoms with Gasteiger partial charge < -0.3 is 24.4 Å². The Morgan fingerprint density at radius 2 is 1.91 bits per heavy atom. The number of rotatable bonds is 4. The van der Waals surface area contributed by atoms with Crippen LogP contribution >= 0.6 is 0 Å². The third kappa shape index (κ3) is 5.65. The number of ether oxygens (including phenoxy) is 2. The maximum atomic E-state index is 12.6. The highest BCUT2D eigenvalue weighted by Crippen LogP contribution is 2.28. The third-order valence-electron chi connectivity index (χ3n) is 6.65. The molecule has 0 spiro atoms. The van der Waals surface area contributed by atoms with Crippen LogP contribution < -0.4 is 4.90 Å². The van der Waals surface area contributed by atoms with Gasteiger partial charge in [-0.25, -0.2) is 4.98 Å². The van der Waals surface area contributed by atoms with Crippen molar-refractivity contribution in [2.24, 2.45) is 5.92 Å². The van der Waals surface area contributed by atoms with Crippen LogP contribution in [-0.2, 0) is 25.6 Å². The number of anilines is 1. The molecule has 4 heterocycles. The summed E-state index contributed by atoms with van der Waals surface area (Å²) in [5.41, 5.74) is 2.29. The number of hydrogen-bond acceptors (Lipinski definition) is 7. The van der Waals surface area contributed by atoms with Crippen molar-refractivity contribution in [1.29, 1.82) is 0 Å². The van der Waals surface area contributed by atoms with E-state index in [1.165, 1.54) is 10.9 Å². The molecule has 1 aromatic heterocycles. The van der Waals surface area contributed by atoms with E-state index >= 15 is 0 Å². The average Bonchev–Trinajstić information content (AvgIpc) is 3.15. The second-order valence-electron chi connectivity index (χ2n) is 9.02. The predicted octanol–water partition coefficient (Wildman–Crippen LogP) is 1.84. The first-order chi connectivity index (χ1) is 16.6. The number of carboxylic acid groups (broad SMARTS) is 1. The molecular formula is C25H34N4O5. The van der Waals surface area contributed by atoms with Crippen LogP contribution in [0.2, 0.25) is 0 Å². The number of fused-ring (bicyclic) bond motifs is 4. The first-order valence-electron chi connectivity index (χ1n) is 12.0. The summed E-state index contributed by atoms with van der Waals surface area (Å²) in [6.07, 6.45) is 0.555. The Balaban J connectivity index is 0.000000868. The highest BCUT2D eigenvalue weighted by Gasteiger charge is 2.35. The molecule has 3 aliphatic heterocycles. The molecule has 2 aromatic rings. The molecule has 0 saturated carbocycles. The van der Waals surface area contributed by atoms with Gasteiger partial charge in [-0.3, -0.25) is 14.5 Å². The van der Waals surface area contributed by atoms with Gasteiger partial charge in [-0.1, -0.05) is 25.1 Å². The van der Waals surface area contributed by atoms with Crippen LogP contribution in [0.15, 0.2) is 30.3 Å². The zero-order valence-electron chi connectivity index (χ0n) is 19.8. The van der Waals surface area contributed by atoms with Gasteiger partial charge in [0.25, 0.3) is 6.47 Å². The number of morpholine rings is 1. The van der Waals surface area contributed by atoms with Gasteiger partial charge >= 0.3 is 0 Å². The lowest BCUT2D eigenvalue weighted by molar-refractivity contribution is -0.133. The minimum atomic E-state index is -0.250. The number of nitrogens with zero attached hydrogens (tertiary/aromatic N) is 4. The molecule has 184 valence electrons. The molecule has 3 fully saturated rings. The number of carbonyl (C=O) groups excluding carboxylic acids is 1. The molecule has 9 nitrogen and oxygen atoms in total. The molecule has 2 bridgehead atoms. The van der Waals surface area contributed by atoms with Crippen LogP contribution in [0, 0.1) is 5.92 Å². The van der Waals surface area contributed by atoms with Gasteiger partial charge in [0.15, 0.2) is 0 Å². The Hall–Kier alpha value is -2.75. The van der Waals surface area contributed by atoms with E-state index in [1.54, 1.807) is 0 Å². The first-order valence-corrected chi connectivity index (χ1v) is 12.0. The average molecular weight is 471 g/mol.